The van der Waals surface area contributed by atoms with Crippen molar-refractivity contribution in [2.45, 2.75) is 25.3 Å². The minimum atomic E-state index is -2.82. The predicted octanol–water partition coefficient (Wildman–Crippen LogP) is 3.01. The molecule has 8 heteroatoms. The van der Waals surface area contributed by atoms with Crippen LogP contribution in [-0.4, -0.2) is 29.4 Å². The first-order chi connectivity index (χ1) is 10.4. The van der Waals surface area contributed by atoms with Crippen molar-refractivity contribution in [3.05, 3.63) is 36.4 Å². The molecule has 0 radical (unpaired) electrons. The molecular weight excluding hydrogens is 328 g/mol. The predicted molar refractivity (Wildman–Crippen MR) is 83.9 cm³/mol. The van der Waals surface area contributed by atoms with Crippen LogP contribution >= 0.6 is 12.4 Å². The van der Waals surface area contributed by atoms with E-state index in [2.05, 4.69) is 15.6 Å². The third kappa shape index (κ3) is 4.05. The van der Waals surface area contributed by atoms with Gasteiger partial charge >= 0.3 is 0 Å². The lowest BCUT2D eigenvalue weighted by atomic mass is 10.1. The molecule has 2 N–H and O–H groups in total. The largest absolute Gasteiger partial charge is 0.441 e. The third-order valence-corrected chi connectivity index (χ3v) is 3.48. The number of alkyl halides is 2. The number of nitrogens with one attached hydrogen (secondary N) is 2. The van der Waals surface area contributed by atoms with Crippen LogP contribution in [0.15, 0.2) is 34.9 Å². The number of hydrogen-bond donors (Lipinski definition) is 2. The molecule has 3 rings (SSSR count). The minimum absolute atomic E-state index is 0. The molecule has 0 spiro atoms. The number of anilines is 1. The van der Waals surface area contributed by atoms with Crippen LogP contribution in [0.1, 0.15) is 12.3 Å². The lowest BCUT2D eigenvalue weighted by molar-refractivity contribution is -0.118. The van der Waals surface area contributed by atoms with Crippen molar-refractivity contribution < 1.29 is 18.0 Å². The van der Waals surface area contributed by atoms with Gasteiger partial charge in [-0.15, -0.1) is 12.4 Å². The molecule has 1 aromatic heterocycles. The Labute approximate surface area is 137 Å². The van der Waals surface area contributed by atoms with Crippen molar-refractivity contribution >= 4 is 24.0 Å². The van der Waals surface area contributed by atoms with Gasteiger partial charge in [0.25, 0.3) is 5.92 Å². The van der Waals surface area contributed by atoms with Gasteiger partial charge in [-0.3, -0.25) is 10.1 Å². The van der Waals surface area contributed by atoms with Gasteiger partial charge in [0.05, 0.1) is 18.8 Å². The van der Waals surface area contributed by atoms with Crippen LogP contribution in [-0.2, 0) is 4.79 Å². The van der Waals surface area contributed by atoms with Crippen LogP contribution in [0.3, 0.4) is 0 Å². The summed E-state index contributed by atoms with van der Waals surface area (Å²) in [7, 11) is 0. The number of amides is 1. The van der Waals surface area contributed by atoms with Gasteiger partial charge in [-0.1, -0.05) is 0 Å². The number of hydrogen-bond acceptors (Lipinski definition) is 4. The average Bonchev–Trinajstić information content (AvgIpc) is 3.05. The van der Waals surface area contributed by atoms with Gasteiger partial charge in [0, 0.05) is 24.6 Å². The smallest absolute Gasteiger partial charge is 0.262 e. The lowest BCUT2D eigenvalue weighted by Crippen LogP contribution is -2.35. The van der Waals surface area contributed by atoms with E-state index in [9.17, 15) is 13.6 Å². The zero-order valence-corrected chi connectivity index (χ0v) is 13.1. The van der Waals surface area contributed by atoms with E-state index in [1.165, 1.54) is 0 Å². The number of rotatable bonds is 3. The van der Waals surface area contributed by atoms with E-state index in [0.717, 1.165) is 5.56 Å². The summed E-state index contributed by atoms with van der Waals surface area (Å²) in [5.74, 6) is -2.08. The van der Waals surface area contributed by atoms with E-state index in [1.807, 2.05) is 0 Å². The molecule has 2 aromatic rings. The highest BCUT2D eigenvalue weighted by Crippen LogP contribution is 2.26. The second-order valence-electron chi connectivity index (χ2n) is 5.30. The van der Waals surface area contributed by atoms with Gasteiger partial charge in [-0.2, -0.15) is 0 Å². The fourth-order valence-electron chi connectivity index (χ4n) is 2.34. The number of oxazole rings is 1. The van der Waals surface area contributed by atoms with Crippen LogP contribution in [0.2, 0.25) is 0 Å². The fraction of sp³-hybridized carbons (Fsp3) is 0.333. The molecule has 1 unspecified atom stereocenters. The highest BCUT2D eigenvalue weighted by molar-refractivity contribution is 5.95. The normalized spacial score (nSPS) is 19.2. The number of carbonyl (C=O) groups is 1. The second-order valence-corrected chi connectivity index (χ2v) is 5.30. The van der Waals surface area contributed by atoms with Crippen molar-refractivity contribution in [2.75, 3.05) is 11.9 Å². The highest BCUT2D eigenvalue weighted by atomic mass is 35.5. The Hall–Kier alpha value is -1.99. The molecule has 0 aliphatic carbocycles. The monoisotopic (exact) mass is 343 g/mol. The first-order valence-corrected chi connectivity index (χ1v) is 6.88. The van der Waals surface area contributed by atoms with Crippen molar-refractivity contribution in [3.8, 4) is 11.3 Å². The van der Waals surface area contributed by atoms with Gasteiger partial charge in [-0.05, 0) is 24.3 Å². The number of nitrogens with zero attached hydrogens (tertiary/aromatic N) is 1. The Bertz CT molecular complexity index is 688. The van der Waals surface area contributed by atoms with E-state index >= 15 is 0 Å². The first kappa shape index (κ1) is 17.4. The quantitative estimate of drug-likeness (QED) is 0.899. The van der Waals surface area contributed by atoms with Crippen molar-refractivity contribution in [1.29, 1.82) is 0 Å². The Morgan fingerprint density at radius 2 is 2.09 bits per heavy atom. The molecule has 5 nitrogen and oxygen atoms in total. The number of carbonyl (C=O) groups excluding carboxylic acids is 1. The molecule has 1 aliphatic heterocycles. The maximum atomic E-state index is 13.1. The summed E-state index contributed by atoms with van der Waals surface area (Å²) in [5, 5.41) is 5.15. The minimum Gasteiger partial charge on any atom is -0.441 e. The number of benzene rings is 1. The van der Waals surface area contributed by atoms with Crippen molar-refractivity contribution in [3.63, 3.8) is 0 Å². The van der Waals surface area contributed by atoms with Crippen LogP contribution < -0.4 is 10.6 Å². The van der Waals surface area contributed by atoms with Crippen molar-refractivity contribution in [2.24, 2.45) is 0 Å². The molecule has 1 aliphatic rings. The molecule has 0 saturated carbocycles. The number of aryl methyl sites for hydroxylation is 1. The third-order valence-electron chi connectivity index (χ3n) is 3.48. The van der Waals surface area contributed by atoms with E-state index in [0.29, 0.717) is 17.3 Å². The number of aromatic nitrogens is 1. The highest BCUT2D eigenvalue weighted by Gasteiger charge is 2.42. The van der Waals surface area contributed by atoms with Crippen LogP contribution in [0.25, 0.3) is 11.3 Å². The van der Waals surface area contributed by atoms with Gasteiger partial charge in [-0.25, -0.2) is 13.8 Å². The summed E-state index contributed by atoms with van der Waals surface area (Å²) in [6, 6.07) is 6.06. The van der Waals surface area contributed by atoms with Crippen molar-refractivity contribution in [1.82, 2.24) is 10.3 Å². The molecule has 0 bridgehead atoms. The maximum Gasteiger partial charge on any atom is 0.262 e. The molecule has 124 valence electrons. The average molecular weight is 344 g/mol. The zero-order chi connectivity index (χ0) is 15.7. The molecule has 2 heterocycles. The molecular formula is C15H16ClF2N3O2. The first-order valence-electron chi connectivity index (χ1n) is 6.88. The SMILES string of the molecule is Cc1ncc(-c2ccc(NC(=O)C3CC(F)(F)CN3)cc2)o1.Cl. The van der Waals surface area contributed by atoms with E-state index in [1.54, 1.807) is 37.4 Å². The lowest BCUT2D eigenvalue weighted by Gasteiger charge is -2.11. The Kier molecular flexibility index (Phi) is 5.01. The van der Waals surface area contributed by atoms with Gasteiger partial charge < -0.3 is 9.73 Å². The summed E-state index contributed by atoms with van der Waals surface area (Å²) >= 11 is 0. The fourth-order valence-corrected chi connectivity index (χ4v) is 2.34. The molecule has 1 saturated heterocycles. The van der Waals surface area contributed by atoms with Gasteiger partial charge in [0.1, 0.15) is 0 Å². The molecule has 1 fully saturated rings. The van der Waals surface area contributed by atoms with Gasteiger partial charge in [0.2, 0.25) is 5.91 Å². The molecule has 1 aromatic carbocycles. The molecule has 23 heavy (non-hydrogen) atoms. The summed E-state index contributed by atoms with van der Waals surface area (Å²) in [5.41, 5.74) is 1.37. The summed E-state index contributed by atoms with van der Waals surface area (Å²) in [6.07, 6.45) is 1.14. The molecule has 1 atom stereocenters. The Morgan fingerprint density at radius 1 is 1.39 bits per heavy atom. The summed E-state index contributed by atoms with van der Waals surface area (Å²) < 4.78 is 31.6. The standard InChI is InChI=1S/C15H15F2N3O2.ClH/c1-9-18-7-13(22-9)10-2-4-11(5-3-10)20-14(21)12-6-15(16,17)8-19-12;/h2-5,7,12,19H,6,8H2,1H3,(H,20,21);1H. The molecule has 1 amide bonds. The Balaban J connectivity index is 0.00000192. The zero-order valence-electron chi connectivity index (χ0n) is 12.3. The van der Waals surface area contributed by atoms with E-state index in [4.69, 9.17) is 4.42 Å². The van der Waals surface area contributed by atoms with Crippen LogP contribution in [0.5, 0.6) is 0 Å². The second kappa shape index (κ2) is 6.64. The van der Waals surface area contributed by atoms with Gasteiger partial charge in [0.15, 0.2) is 11.7 Å². The number of halogens is 3. The Morgan fingerprint density at radius 3 is 2.61 bits per heavy atom. The van der Waals surface area contributed by atoms with Crippen LogP contribution in [0, 0.1) is 6.92 Å². The van der Waals surface area contributed by atoms with E-state index in [-0.39, 0.29) is 12.4 Å². The topological polar surface area (TPSA) is 67.2 Å². The summed E-state index contributed by atoms with van der Waals surface area (Å²) in [4.78, 5) is 15.9. The summed E-state index contributed by atoms with van der Waals surface area (Å²) in [6.45, 7) is 1.29. The van der Waals surface area contributed by atoms with E-state index < -0.39 is 30.8 Å². The maximum absolute atomic E-state index is 13.1. The van der Waals surface area contributed by atoms with Crippen LogP contribution in [0.4, 0.5) is 14.5 Å².